The normalized spacial score (nSPS) is 13.0. The molecule has 1 atom stereocenters. The maximum Gasteiger partial charge on any atom is 0.335 e. The van der Waals surface area contributed by atoms with E-state index in [-0.39, 0.29) is 24.3 Å². The third kappa shape index (κ3) is 5.02. The summed E-state index contributed by atoms with van der Waals surface area (Å²) in [7, 11) is 1.72. The van der Waals surface area contributed by atoms with E-state index in [0.717, 1.165) is 5.69 Å². The highest BCUT2D eigenvalue weighted by Gasteiger charge is 2.17. The molecule has 1 aromatic heterocycles. The molecule has 1 aromatic carbocycles. The van der Waals surface area contributed by atoms with Gasteiger partial charge < -0.3 is 4.74 Å². The van der Waals surface area contributed by atoms with Gasteiger partial charge in [-0.15, -0.1) is 5.10 Å². The van der Waals surface area contributed by atoms with Crippen molar-refractivity contribution < 1.29 is 13.2 Å². The molecule has 0 spiro atoms. The summed E-state index contributed by atoms with van der Waals surface area (Å²) >= 11 is 0. The zero-order valence-corrected chi connectivity index (χ0v) is 13.1. The highest BCUT2D eigenvalue weighted by Crippen LogP contribution is 2.13. The molecule has 0 aliphatic heterocycles. The first-order valence-corrected chi connectivity index (χ1v) is 8.98. The van der Waals surface area contributed by atoms with Crippen LogP contribution in [0.5, 0.6) is 6.01 Å². The molecule has 0 saturated heterocycles. The maximum absolute atomic E-state index is 11.1. The number of aromatic nitrogens is 3. The monoisotopic (exact) mass is 329 g/mol. The van der Waals surface area contributed by atoms with Crippen molar-refractivity contribution in [3.05, 3.63) is 36.7 Å². The molecule has 0 bridgehead atoms. The van der Waals surface area contributed by atoms with Crippen molar-refractivity contribution in [1.29, 1.82) is 0 Å². The molecule has 1 heterocycles. The van der Waals surface area contributed by atoms with Crippen LogP contribution >= 0.6 is 10.7 Å². The van der Waals surface area contributed by atoms with Crippen molar-refractivity contribution in [2.45, 2.75) is 13.3 Å². The van der Waals surface area contributed by atoms with Gasteiger partial charge in [0.15, 0.2) is 0 Å². The molecule has 21 heavy (non-hydrogen) atoms. The van der Waals surface area contributed by atoms with Crippen LogP contribution in [-0.2, 0) is 9.05 Å². The van der Waals surface area contributed by atoms with Crippen molar-refractivity contribution in [3.63, 3.8) is 0 Å². The Morgan fingerprint density at radius 3 is 2.67 bits per heavy atom. The topological polar surface area (TPSA) is 74.1 Å². The van der Waals surface area contributed by atoms with E-state index in [0.29, 0.717) is 6.42 Å². The number of nitrogens with zero attached hydrogens (tertiary/aromatic N) is 3. The molecule has 2 rings (SSSR count). The molecule has 2 aromatic rings. The molecule has 0 amide bonds. The minimum atomic E-state index is -3.53. The lowest BCUT2D eigenvalue weighted by atomic mass is 10.1. The van der Waals surface area contributed by atoms with Gasteiger partial charge in [-0.25, -0.2) is 13.1 Å². The number of hydrogen-bond donors (Lipinski definition) is 0. The smallest absolute Gasteiger partial charge is 0.335 e. The standard InChI is InChI=1S/C13H16ClN3O3S/c1-2-11(9-21(14,18)19)8-20-13-15-10-17(16-13)12-6-4-3-5-7-12/h3-7,10-11H,2,8-9H2,1H3. The van der Waals surface area contributed by atoms with Gasteiger partial charge in [-0.05, 0) is 18.6 Å². The SMILES string of the molecule is CCC(COc1ncn(-c2ccccc2)n1)CS(=O)(=O)Cl. The molecule has 114 valence electrons. The third-order valence-electron chi connectivity index (χ3n) is 2.95. The molecule has 0 fully saturated rings. The number of ether oxygens (including phenoxy) is 1. The fraction of sp³-hybridized carbons (Fsp3) is 0.385. The first-order valence-electron chi connectivity index (χ1n) is 6.50. The van der Waals surface area contributed by atoms with Crippen LogP contribution in [0.15, 0.2) is 36.7 Å². The average molecular weight is 330 g/mol. The molecule has 0 N–H and O–H groups in total. The van der Waals surface area contributed by atoms with Crippen molar-refractivity contribution in [1.82, 2.24) is 14.8 Å². The first kappa shape index (κ1) is 15.8. The number of hydrogen-bond acceptors (Lipinski definition) is 5. The zero-order valence-electron chi connectivity index (χ0n) is 11.5. The summed E-state index contributed by atoms with van der Waals surface area (Å²) < 4.78 is 29.2. The van der Waals surface area contributed by atoms with E-state index in [1.807, 2.05) is 37.3 Å². The van der Waals surface area contributed by atoms with Gasteiger partial charge >= 0.3 is 6.01 Å². The van der Waals surface area contributed by atoms with Gasteiger partial charge in [0.05, 0.1) is 18.0 Å². The Kier molecular flexibility index (Phi) is 5.19. The second-order valence-corrected chi connectivity index (χ2v) is 7.42. The molecule has 6 nitrogen and oxygen atoms in total. The van der Waals surface area contributed by atoms with Crippen molar-refractivity contribution >= 4 is 19.7 Å². The predicted octanol–water partition coefficient (Wildman–Crippen LogP) is 2.24. The largest absolute Gasteiger partial charge is 0.462 e. The van der Waals surface area contributed by atoms with Crippen LogP contribution < -0.4 is 4.74 Å². The van der Waals surface area contributed by atoms with E-state index in [2.05, 4.69) is 10.1 Å². The number of benzene rings is 1. The van der Waals surface area contributed by atoms with E-state index in [1.165, 1.54) is 0 Å². The van der Waals surface area contributed by atoms with E-state index in [9.17, 15) is 8.42 Å². The van der Waals surface area contributed by atoms with E-state index < -0.39 is 9.05 Å². The Labute approximate surface area is 128 Å². The average Bonchev–Trinajstić information content (AvgIpc) is 2.92. The van der Waals surface area contributed by atoms with Gasteiger partial charge in [-0.2, -0.15) is 4.98 Å². The minimum Gasteiger partial charge on any atom is -0.462 e. The Morgan fingerprint density at radius 2 is 2.05 bits per heavy atom. The third-order valence-corrected chi connectivity index (χ3v) is 4.20. The molecule has 0 aliphatic rings. The summed E-state index contributed by atoms with van der Waals surface area (Å²) in [6.07, 6.45) is 2.19. The van der Waals surface area contributed by atoms with Gasteiger partial charge in [-0.1, -0.05) is 25.1 Å². The Hall–Kier alpha value is -1.60. The van der Waals surface area contributed by atoms with Gasteiger partial charge in [0.25, 0.3) is 0 Å². The van der Waals surface area contributed by atoms with E-state index >= 15 is 0 Å². The van der Waals surface area contributed by atoms with Crippen LogP contribution in [0.25, 0.3) is 5.69 Å². The summed E-state index contributed by atoms with van der Waals surface area (Å²) in [4.78, 5) is 4.04. The van der Waals surface area contributed by atoms with Crippen molar-refractivity contribution in [2.24, 2.45) is 5.92 Å². The molecule has 1 unspecified atom stereocenters. The Bertz CT molecular complexity index is 673. The van der Waals surface area contributed by atoms with Crippen LogP contribution in [0.3, 0.4) is 0 Å². The van der Waals surface area contributed by atoms with Gasteiger partial charge in [-0.3, -0.25) is 0 Å². The van der Waals surface area contributed by atoms with Crippen LogP contribution in [0.1, 0.15) is 13.3 Å². The summed E-state index contributed by atoms with van der Waals surface area (Å²) in [6, 6.07) is 9.72. The quantitative estimate of drug-likeness (QED) is 0.728. The first-order chi connectivity index (χ1) is 9.98. The lowest BCUT2D eigenvalue weighted by molar-refractivity contribution is 0.239. The number of halogens is 1. The van der Waals surface area contributed by atoms with Gasteiger partial charge in [0, 0.05) is 16.6 Å². The van der Waals surface area contributed by atoms with E-state index in [1.54, 1.807) is 11.0 Å². The van der Waals surface area contributed by atoms with Crippen LogP contribution in [0.2, 0.25) is 0 Å². The molecular formula is C13H16ClN3O3S. The van der Waals surface area contributed by atoms with Crippen LogP contribution in [-0.4, -0.2) is 35.5 Å². The molecule has 0 aliphatic carbocycles. The zero-order chi connectivity index (χ0) is 15.3. The Morgan fingerprint density at radius 1 is 1.33 bits per heavy atom. The lowest BCUT2D eigenvalue weighted by Crippen LogP contribution is -2.19. The summed E-state index contributed by atoms with van der Waals surface area (Å²) in [5.74, 6) is -0.305. The highest BCUT2D eigenvalue weighted by molar-refractivity contribution is 8.13. The summed E-state index contributed by atoms with van der Waals surface area (Å²) in [5.41, 5.74) is 0.871. The van der Waals surface area contributed by atoms with Crippen molar-refractivity contribution in [3.8, 4) is 11.7 Å². The molecule has 0 radical (unpaired) electrons. The fourth-order valence-corrected chi connectivity index (χ4v) is 3.21. The number of para-hydroxylation sites is 1. The van der Waals surface area contributed by atoms with Gasteiger partial charge in [0.2, 0.25) is 9.05 Å². The molecular weight excluding hydrogens is 314 g/mol. The minimum absolute atomic E-state index is 0.121. The molecule has 8 heteroatoms. The van der Waals surface area contributed by atoms with Crippen LogP contribution in [0, 0.1) is 5.92 Å². The van der Waals surface area contributed by atoms with Crippen LogP contribution in [0.4, 0.5) is 0 Å². The van der Waals surface area contributed by atoms with Crippen molar-refractivity contribution in [2.75, 3.05) is 12.4 Å². The van der Waals surface area contributed by atoms with Gasteiger partial charge in [0.1, 0.15) is 6.33 Å². The summed E-state index contributed by atoms with van der Waals surface area (Å²) in [5, 5.41) is 4.18. The Balaban J connectivity index is 1.97. The second-order valence-electron chi connectivity index (χ2n) is 4.60. The highest BCUT2D eigenvalue weighted by atomic mass is 35.7. The fourth-order valence-electron chi connectivity index (χ4n) is 1.78. The second kappa shape index (κ2) is 6.91. The summed E-state index contributed by atoms with van der Waals surface area (Å²) in [6.45, 7) is 2.09. The lowest BCUT2D eigenvalue weighted by Gasteiger charge is -2.11. The predicted molar refractivity (Wildman–Crippen MR) is 80.3 cm³/mol. The van der Waals surface area contributed by atoms with E-state index in [4.69, 9.17) is 15.4 Å². The number of rotatable bonds is 7. The molecule has 0 saturated carbocycles. The maximum atomic E-state index is 11.1.